The Kier molecular flexibility index (Phi) is 5.36. The van der Waals surface area contributed by atoms with Crippen molar-refractivity contribution in [1.29, 1.82) is 0 Å². The van der Waals surface area contributed by atoms with Crippen LogP contribution in [-0.4, -0.2) is 33.1 Å². The zero-order valence-electron chi connectivity index (χ0n) is 13.4. The van der Waals surface area contributed by atoms with Crippen molar-refractivity contribution in [1.82, 2.24) is 5.32 Å². The van der Waals surface area contributed by atoms with Crippen LogP contribution in [0.15, 0.2) is 54.6 Å². The van der Waals surface area contributed by atoms with Gasteiger partial charge in [0.15, 0.2) is 6.04 Å². The number of amides is 1. The van der Waals surface area contributed by atoms with Crippen LogP contribution in [0, 0.1) is 0 Å². The number of carbonyl (C=O) groups is 2. The highest BCUT2D eigenvalue weighted by Crippen LogP contribution is 2.17. The van der Waals surface area contributed by atoms with Crippen molar-refractivity contribution in [2.45, 2.75) is 6.04 Å². The molecule has 0 saturated carbocycles. The monoisotopic (exact) mass is 312 g/mol. The van der Waals surface area contributed by atoms with E-state index in [1.54, 1.807) is 24.3 Å². The van der Waals surface area contributed by atoms with Gasteiger partial charge in [-0.05, 0) is 29.8 Å². The molecule has 0 saturated heterocycles. The quantitative estimate of drug-likeness (QED) is 0.861. The lowest BCUT2D eigenvalue weighted by Gasteiger charge is -2.17. The summed E-state index contributed by atoms with van der Waals surface area (Å²) in [5, 5.41) is 2.72. The van der Waals surface area contributed by atoms with E-state index in [1.807, 2.05) is 49.3 Å². The number of benzene rings is 2. The lowest BCUT2D eigenvalue weighted by molar-refractivity contribution is -0.143. The molecule has 0 spiro atoms. The van der Waals surface area contributed by atoms with Crippen molar-refractivity contribution in [3.8, 4) is 0 Å². The van der Waals surface area contributed by atoms with Crippen LogP contribution in [0.1, 0.15) is 22.0 Å². The molecule has 120 valence electrons. The lowest BCUT2D eigenvalue weighted by atomic mass is 10.1. The molecule has 2 rings (SSSR count). The topological polar surface area (TPSA) is 58.6 Å². The Morgan fingerprint density at radius 3 is 2.13 bits per heavy atom. The molecule has 1 amide bonds. The van der Waals surface area contributed by atoms with E-state index in [0.717, 1.165) is 5.69 Å². The summed E-state index contributed by atoms with van der Waals surface area (Å²) >= 11 is 0. The normalized spacial score (nSPS) is 11.4. The van der Waals surface area contributed by atoms with Gasteiger partial charge in [0.25, 0.3) is 5.91 Å². The summed E-state index contributed by atoms with van der Waals surface area (Å²) in [5.41, 5.74) is 2.16. The van der Waals surface area contributed by atoms with Crippen molar-refractivity contribution < 1.29 is 14.3 Å². The molecular formula is C18H20N2O3. The third kappa shape index (κ3) is 4.10. The maximum absolute atomic E-state index is 12.4. The third-order valence-electron chi connectivity index (χ3n) is 3.49. The van der Waals surface area contributed by atoms with Gasteiger partial charge >= 0.3 is 5.97 Å². The summed E-state index contributed by atoms with van der Waals surface area (Å²) in [5.74, 6) is -0.830. The van der Waals surface area contributed by atoms with Crippen LogP contribution in [0.2, 0.25) is 0 Å². The standard InChI is InChI=1S/C18H20N2O3/c1-20(2)15-11-9-14(10-12-15)17(21)19-16(18(22)23-3)13-7-5-4-6-8-13/h4-12,16H,1-3H3,(H,19,21). The molecule has 0 bridgehead atoms. The molecule has 23 heavy (non-hydrogen) atoms. The van der Waals surface area contributed by atoms with E-state index in [-0.39, 0.29) is 5.91 Å². The number of ether oxygens (including phenoxy) is 1. The van der Waals surface area contributed by atoms with Gasteiger partial charge in [-0.25, -0.2) is 4.79 Å². The van der Waals surface area contributed by atoms with Crippen molar-refractivity contribution in [3.05, 3.63) is 65.7 Å². The second-order valence-corrected chi connectivity index (χ2v) is 5.28. The van der Waals surface area contributed by atoms with Gasteiger partial charge in [0.1, 0.15) is 0 Å². The Morgan fingerprint density at radius 2 is 1.61 bits per heavy atom. The van der Waals surface area contributed by atoms with Crippen LogP contribution >= 0.6 is 0 Å². The zero-order valence-corrected chi connectivity index (χ0v) is 13.4. The minimum Gasteiger partial charge on any atom is -0.467 e. The number of esters is 1. The maximum Gasteiger partial charge on any atom is 0.333 e. The van der Waals surface area contributed by atoms with Crippen LogP contribution < -0.4 is 10.2 Å². The Morgan fingerprint density at radius 1 is 1.00 bits per heavy atom. The highest BCUT2D eigenvalue weighted by molar-refractivity contribution is 5.97. The molecule has 0 aliphatic heterocycles. The fourth-order valence-electron chi connectivity index (χ4n) is 2.17. The molecule has 1 N–H and O–H groups in total. The summed E-state index contributed by atoms with van der Waals surface area (Å²) in [6, 6.07) is 15.3. The number of nitrogens with zero attached hydrogens (tertiary/aromatic N) is 1. The van der Waals surface area contributed by atoms with E-state index < -0.39 is 12.0 Å². The van der Waals surface area contributed by atoms with Gasteiger partial charge in [-0.15, -0.1) is 0 Å². The van der Waals surface area contributed by atoms with Gasteiger partial charge in [-0.3, -0.25) is 4.79 Å². The molecular weight excluding hydrogens is 292 g/mol. The van der Waals surface area contributed by atoms with E-state index in [0.29, 0.717) is 11.1 Å². The van der Waals surface area contributed by atoms with Crippen LogP contribution in [-0.2, 0) is 9.53 Å². The first kappa shape index (κ1) is 16.5. The minimum atomic E-state index is -0.831. The fraction of sp³-hybridized carbons (Fsp3) is 0.222. The minimum absolute atomic E-state index is 0.324. The van der Waals surface area contributed by atoms with Gasteiger partial charge in [0.2, 0.25) is 0 Å². The van der Waals surface area contributed by atoms with Gasteiger partial charge < -0.3 is 15.0 Å². The second kappa shape index (κ2) is 7.45. The second-order valence-electron chi connectivity index (χ2n) is 5.28. The average Bonchev–Trinajstić information content (AvgIpc) is 2.59. The molecule has 5 heteroatoms. The molecule has 2 aromatic carbocycles. The van der Waals surface area contributed by atoms with Crippen LogP contribution in [0.3, 0.4) is 0 Å². The average molecular weight is 312 g/mol. The van der Waals surface area contributed by atoms with Gasteiger partial charge in [-0.2, -0.15) is 0 Å². The number of methoxy groups -OCH3 is 1. The molecule has 1 atom stereocenters. The van der Waals surface area contributed by atoms with Gasteiger partial charge in [0, 0.05) is 25.3 Å². The SMILES string of the molecule is COC(=O)C(NC(=O)c1ccc(N(C)C)cc1)c1ccccc1. The molecule has 0 radical (unpaired) electrons. The smallest absolute Gasteiger partial charge is 0.333 e. The number of rotatable bonds is 5. The lowest BCUT2D eigenvalue weighted by Crippen LogP contribution is -2.34. The number of hydrogen-bond acceptors (Lipinski definition) is 4. The van der Waals surface area contributed by atoms with Crippen molar-refractivity contribution in [2.75, 3.05) is 26.1 Å². The molecule has 0 heterocycles. The molecule has 5 nitrogen and oxygen atoms in total. The largest absolute Gasteiger partial charge is 0.467 e. The molecule has 2 aromatic rings. The van der Waals surface area contributed by atoms with E-state index in [4.69, 9.17) is 4.74 Å². The predicted molar refractivity (Wildman–Crippen MR) is 89.4 cm³/mol. The van der Waals surface area contributed by atoms with Crippen LogP contribution in [0.5, 0.6) is 0 Å². The number of anilines is 1. The number of nitrogens with one attached hydrogen (secondary N) is 1. The Balaban J connectivity index is 2.19. The molecule has 0 aromatic heterocycles. The van der Waals surface area contributed by atoms with Gasteiger partial charge in [0.05, 0.1) is 7.11 Å². The maximum atomic E-state index is 12.4. The van der Waals surface area contributed by atoms with Crippen molar-refractivity contribution in [2.24, 2.45) is 0 Å². The van der Waals surface area contributed by atoms with Crippen molar-refractivity contribution in [3.63, 3.8) is 0 Å². The van der Waals surface area contributed by atoms with E-state index in [2.05, 4.69) is 5.32 Å². The molecule has 1 unspecified atom stereocenters. The summed E-state index contributed by atoms with van der Waals surface area (Å²) in [6.45, 7) is 0. The first-order valence-corrected chi connectivity index (χ1v) is 7.24. The predicted octanol–water partition coefficient (Wildman–Crippen LogP) is 2.40. The Bertz CT molecular complexity index is 666. The summed E-state index contributed by atoms with van der Waals surface area (Å²) < 4.78 is 4.79. The molecule has 0 aliphatic rings. The van der Waals surface area contributed by atoms with Crippen molar-refractivity contribution >= 4 is 17.6 Å². The summed E-state index contributed by atoms with van der Waals surface area (Å²) in [7, 11) is 5.16. The van der Waals surface area contributed by atoms with E-state index >= 15 is 0 Å². The first-order chi connectivity index (χ1) is 11.0. The van der Waals surface area contributed by atoms with E-state index in [1.165, 1.54) is 7.11 Å². The Labute approximate surface area is 135 Å². The highest BCUT2D eigenvalue weighted by Gasteiger charge is 2.23. The number of carbonyl (C=O) groups excluding carboxylic acids is 2. The molecule has 0 aliphatic carbocycles. The third-order valence-corrected chi connectivity index (χ3v) is 3.49. The van der Waals surface area contributed by atoms with E-state index in [9.17, 15) is 9.59 Å². The summed E-state index contributed by atoms with van der Waals surface area (Å²) in [6.07, 6.45) is 0. The summed E-state index contributed by atoms with van der Waals surface area (Å²) in [4.78, 5) is 26.3. The zero-order chi connectivity index (χ0) is 16.8. The highest BCUT2D eigenvalue weighted by atomic mass is 16.5. The van der Waals surface area contributed by atoms with Gasteiger partial charge in [-0.1, -0.05) is 30.3 Å². The first-order valence-electron chi connectivity index (χ1n) is 7.24. The Hall–Kier alpha value is -2.82. The van der Waals surface area contributed by atoms with Crippen LogP contribution in [0.25, 0.3) is 0 Å². The fourth-order valence-corrected chi connectivity index (χ4v) is 2.17. The number of hydrogen-bond donors (Lipinski definition) is 1. The van der Waals surface area contributed by atoms with Crippen LogP contribution in [0.4, 0.5) is 5.69 Å². The molecule has 0 fully saturated rings.